The quantitative estimate of drug-likeness (QED) is 0.586. The molecule has 0 N–H and O–H groups in total. The zero-order valence-corrected chi connectivity index (χ0v) is 15.6. The minimum atomic E-state index is -0.117. The fraction of sp³-hybridized carbons (Fsp3) is 0.158. The number of benzene rings is 1. The average molecular weight is 385 g/mol. The molecule has 4 rings (SSSR count). The molecule has 0 unspecified atom stereocenters. The Morgan fingerprint density at radius 3 is 3.00 bits per heavy atom. The lowest BCUT2D eigenvalue weighted by molar-refractivity contribution is -0.122. The average Bonchev–Trinajstić information content (AvgIpc) is 3.25. The standard InChI is InChI=1S/C19H15NO4S2/c1-22-15-6-2-4-13-8-12(11-24-17(13)15)9-16-18(21)20(19(25)26-16)10-14-5-3-7-23-14/h2-9H,10-11H2,1H3/b16-9-. The fourth-order valence-electron chi connectivity index (χ4n) is 2.80. The van der Waals surface area contributed by atoms with Crippen LogP contribution in [-0.2, 0) is 11.3 Å². The molecule has 7 heteroatoms. The molecule has 3 heterocycles. The zero-order chi connectivity index (χ0) is 18.1. The van der Waals surface area contributed by atoms with Crippen molar-refractivity contribution in [2.24, 2.45) is 0 Å². The summed E-state index contributed by atoms with van der Waals surface area (Å²) in [5.74, 6) is 2.00. The van der Waals surface area contributed by atoms with Gasteiger partial charge in [0.2, 0.25) is 0 Å². The minimum Gasteiger partial charge on any atom is -0.493 e. The van der Waals surface area contributed by atoms with Crippen molar-refractivity contribution in [1.29, 1.82) is 0 Å². The van der Waals surface area contributed by atoms with Crippen molar-refractivity contribution < 1.29 is 18.7 Å². The van der Waals surface area contributed by atoms with Crippen LogP contribution in [-0.4, -0.2) is 28.8 Å². The number of ether oxygens (including phenoxy) is 2. The molecule has 0 aliphatic carbocycles. The number of fused-ring (bicyclic) bond motifs is 1. The number of para-hydroxylation sites is 1. The Bertz CT molecular complexity index is 931. The third-order valence-corrected chi connectivity index (χ3v) is 5.42. The van der Waals surface area contributed by atoms with Crippen LogP contribution in [0.5, 0.6) is 11.5 Å². The van der Waals surface area contributed by atoms with E-state index < -0.39 is 0 Å². The van der Waals surface area contributed by atoms with Crippen molar-refractivity contribution >= 4 is 40.3 Å². The van der Waals surface area contributed by atoms with Gasteiger partial charge in [-0.3, -0.25) is 9.69 Å². The molecule has 5 nitrogen and oxygen atoms in total. The summed E-state index contributed by atoms with van der Waals surface area (Å²) in [5.41, 5.74) is 1.83. The van der Waals surface area contributed by atoms with Crippen LogP contribution in [0.3, 0.4) is 0 Å². The van der Waals surface area contributed by atoms with Gasteiger partial charge in [-0.2, -0.15) is 0 Å². The molecule has 0 atom stereocenters. The molecule has 1 aromatic heterocycles. The lowest BCUT2D eigenvalue weighted by Gasteiger charge is -2.18. The van der Waals surface area contributed by atoms with E-state index >= 15 is 0 Å². The second-order valence-corrected chi connectivity index (χ2v) is 7.41. The van der Waals surface area contributed by atoms with Gasteiger partial charge >= 0.3 is 0 Å². The van der Waals surface area contributed by atoms with Crippen molar-refractivity contribution in [3.05, 3.63) is 64.5 Å². The minimum absolute atomic E-state index is 0.117. The molecule has 0 spiro atoms. The van der Waals surface area contributed by atoms with E-state index in [-0.39, 0.29) is 5.91 Å². The van der Waals surface area contributed by atoms with Crippen LogP contribution in [0.2, 0.25) is 0 Å². The van der Waals surface area contributed by atoms with Crippen LogP contribution < -0.4 is 9.47 Å². The van der Waals surface area contributed by atoms with Gasteiger partial charge in [0.25, 0.3) is 5.91 Å². The van der Waals surface area contributed by atoms with Crippen LogP contribution in [0.4, 0.5) is 0 Å². The maximum absolute atomic E-state index is 12.7. The van der Waals surface area contributed by atoms with E-state index in [4.69, 9.17) is 26.1 Å². The van der Waals surface area contributed by atoms with Crippen LogP contribution in [0.1, 0.15) is 11.3 Å². The SMILES string of the molecule is COc1cccc2c1OCC(/C=C1\SC(=S)N(Cc3ccco3)C1=O)=C2. The van der Waals surface area contributed by atoms with Crippen LogP contribution in [0.15, 0.2) is 57.6 Å². The van der Waals surface area contributed by atoms with Gasteiger partial charge in [0.15, 0.2) is 11.5 Å². The second-order valence-electron chi connectivity index (χ2n) is 5.73. The number of methoxy groups -OCH3 is 1. The van der Waals surface area contributed by atoms with Crippen molar-refractivity contribution in [3.63, 3.8) is 0 Å². The summed E-state index contributed by atoms with van der Waals surface area (Å²) in [6.45, 7) is 0.709. The summed E-state index contributed by atoms with van der Waals surface area (Å²) in [7, 11) is 1.61. The Kier molecular flexibility index (Phi) is 4.57. The molecular weight excluding hydrogens is 370 g/mol. The second kappa shape index (κ2) is 7.01. The third-order valence-electron chi connectivity index (χ3n) is 4.04. The first-order chi connectivity index (χ1) is 12.7. The highest BCUT2D eigenvalue weighted by Gasteiger charge is 2.33. The van der Waals surface area contributed by atoms with E-state index in [1.165, 1.54) is 11.8 Å². The number of amides is 1. The van der Waals surface area contributed by atoms with E-state index in [2.05, 4.69) is 0 Å². The summed E-state index contributed by atoms with van der Waals surface area (Å²) in [5, 5.41) is 0. The largest absolute Gasteiger partial charge is 0.493 e. The number of carbonyl (C=O) groups is 1. The number of rotatable bonds is 4. The van der Waals surface area contributed by atoms with Crippen LogP contribution in [0, 0.1) is 0 Å². The van der Waals surface area contributed by atoms with E-state index in [0.717, 1.165) is 16.9 Å². The Morgan fingerprint density at radius 1 is 1.35 bits per heavy atom. The van der Waals surface area contributed by atoms with E-state index in [0.29, 0.717) is 33.9 Å². The van der Waals surface area contributed by atoms with Gasteiger partial charge in [-0.1, -0.05) is 36.1 Å². The molecule has 1 fully saturated rings. The first-order valence-electron chi connectivity index (χ1n) is 7.94. The molecule has 1 saturated heterocycles. The molecule has 1 amide bonds. The van der Waals surface area contributed by atoms with Gasteiger partial charge in [-0.05, 0) is 35.9 Å². The smallest absolute Gasteiger partial charge is 0.266 e. The molecule has 2 aromatic rings. The van der Waals surface area contributed by atoms with Gasteiger partial charge in [0.05, 0.1) is 24.8 Å². The summed E-state index contributed by atoms with van der Waals surface area (Å²) in [6, 6.07) is 9.33. The first kappa shape index (κ1) is 16.9. The molecule has 26 heavy (non-hydrogen) atoms. The summed E-state index contributed by atoms with van der Waals surface area (Å²) < 4.78 is 17.0. The van der Waals surface area contributed by atoms with Gasteiger partial charge in [0, 0.05) is 5.56 Å². The molecule has 2 aliphatic heterocycles. The summed E-state index contributed by atoms with van der Waals surface area (Å²) in [4.78, 5) is 14.8. The molecule has 2 aliphatic rings. The van der Waals surface area contributed by atoms with Crippen molar-refractivity contribution in [1.82, 2.24) is 4.90 Å². The fourth-order valence-corrected chi connectivity index (χ4v) is 4.08. The first-order valence-corrected chi connectivity index (χ1v) is 9.16. The lowest BCUT2D eigenvalue weighted by atomic mass is 10.1. The molecule has 1 aromatic carbocycles. The highest BCUT2D eigenvalue weighted by atomic mass is 32.2. The van der Waals surface area contributed by atoms with Crippen LogP contribution in [0.25, 0.3) is 6.08 Å². The van der Waals surface area contributed by atoms with Gasteiger partial charge in [-0.15, -0.1) is 0 Å². The Hall–Kier alpha value is -2.51. The number of hydrogen-bond donors (Lipinski definition) is 0. The number of furan rings is 1. The van der Waals surface area contributed by atoms with E-state index in [1.807, 2.05) is 36.4 Å². The molecule has 0 radical (unpaired) electrons. The zero-order valence-electron chi connectivity index (χ0n) is 13.9. The molecule has 0 saturated carbocycles. The topological polar surface area (TPSA) is 51.9 Å². The predicted octanol–water partition coefficient (Wildman–Crippen LogP) is 4.01. The van der Waals surface area contributed by atoms with Crippen LogP contribution >= 0.6 is 24.0 Å². The number of hydrogen-bond acceptors (Lipinski definition) is 6. The normalized spacial score (nSPS) is 18.0. The van der Waals surface area contributed by atoms with Gasteiger partial charge < -0.3 is 13.9 Å². The Morgan fingerprint density at radius 2 is 2.23 bits per heavy atom. The predicted molar refractivity (Wildman–Crippen MR) is 104 cm³/mol. The van der Waals surface area contributed by atoms with Crippen molar-refractivity contribution in [2.45, 2.75) is 6.54 Å². The summed E-state index contributed by atoms with van der Waals surface area (Å²) >= 11 is 6.64. The molecular formula is C19H15NO4S2. The van der Waals surface area contributed by atoms with Crippen molar-refractivity contribution in [3.8, 4) is 11.5 Å². The maximum atomic E-state index is 12.7. The van der Waals surface area contributed by atoms with Gasteiger partial charge in [0.1, 0.15) is 16.7 Å². The Balaban J connectivity index is 1.58. The highest BCUT2D eigenvalue weighted by Crippen LogP contribution is 2.38. The number of carbonyl (C=O) groups excluding carboxylic acids is 1. The Labute approximate surface area is 160 Å². The monoisotopic (exact) mass is 385 g/mol. The van der Waals surface area contributed by atoms with Crippen molar-refractivity contribution in [2.75, 3.05) is 13.7 Å². The number of thioether (sulfide) groups is 1. The summed E-state index contributed by atoms with van der Waals surface area (Å²) in [6.07, 6.45) is 5.42. The highest BCUT2D eigenvalue weighted by molar-refractivity contribution is 8.26. The lowest BCUT2D eigenvalue weighted by Crippen LogP contribution is -2.27. The number of thiocarbonyl (C=S) groups is 1. The van der Waals surface area contributed by atoms with E-state index in [9.17, 15) is 4.79 Å². The van der Waals surface area contributed by atoms with E-state index in [1.54, 1.807) is 24.3 Å². The molecule has 0 bridgehead atoms. The number of nitrogens with zero attached hydrogens (tertiary/aromatic N) is 1. The molecule has 132 valence electrons. The maximum Gasteiger partial charge on any atom is 0.266 e. The third kappa shape index (κ3) is 3.15. The van der Waals surface area contributed by atoms with Gasteiger partial charge in [-0.25, -0.2) is 0 Å².